The summed E-state index contributed by atoms with van der Waals surface area (Å²) in [7, 11) is 1.40. The molecule has 15 heavy (non-hydrogen) atoms. The van der Waals surface area contributed by atoms with Crippen molar-refractivity contribution >= 4 is 53.8 Å². The summed E-state index contributed by atoms with van der Waals surface area (Å²) < 4.78 is 5.82. The highest BCUT2D eigenvalue weighted by molar-refractivity contribution is 9.12. The maximum Gasteiger partial charge on any atom is 0.333 e. The van der Waals surface area contributed by atoms with E-state index in [1.54, 1.807) is 6.08 Å². The minimum Gasteiger partial charge on any atom is -0.466 e. The van der Waals surface area contributed by atoms with Crippen LogP contribution in [-0.2, 0) is 9.53 Å². The van der Waals surface area contributed by atoms with Crippen LogP contribution < -0.4 is 0 Å². The summed E-state index contributed by atoms with van der Waals surface area (Å²) in [4.78, 5) is 11.4. The van der Waals surface area contributed by atoms with E-state index in [1.807, 2.05) is 6.08 Å². The molecule has 0 bridgehead atoms. The summed E-state index contributed by atoms with van der Waals surface area (Å²) in [5, 5.41) is 1.58. The van der Waals surface area contributed by atoms with Crippen LogP contribution in [0.4, 0.5) is 0 Å². The summed E-state index contributed by atoms with van der Waals surface area (Å²) in [6.07, 6.45) is 4.39. The van der Waals surface area contributed by atoms with Gasteiger partial charge in [0.25, 0.3) is 0 Å². The van der Waals surface area contributed by atoms with Crippen molar-refractivity contribution in [2.24, 2.45) is 5.41 Å². The van der Waals surface area contributed by atoms with Crippen LogP contribution in [0.1, 0.15) is 6.42 Å². The van der Waals surface area contributed by atoms with Gasteiger partial charge >= 0.3 is 5.97 Å². The van der Waals surface area contributed by atoms with Gasteiger partial charge in [0, 0.05) is 26.1 Å². The van der Waals surface area contributed by atoms with Crippen molar-refractivity contribution < 1.29 is 9.53 Å². The quantitative estimate of drug-likeness (QED) is 0.533. The molecule has 84 valence electrons. The van der Waals surface area contributed by atoms with Crippen LogP contribution in [0.5, 0.6) is 0 Å². The first kappa shape index (κ1) is 13.5. The standard InChI is InChI=1S/C10H11Br3O2/c1-15-9(14)7-2-3-8(13)10(4-7,5-11)6-12/h2-3H,4-6H2,1H3. The third-order valence-electron chi connectivity index (χ3n) is 2.43. The Morgan fingerprint density at radius 1 is 1.47 bits per heavy atom. The van der Waals surface area contributed by atoms with Crippen molar-refractivity contribution in [1.82, 2.24) is 0 Å². The van der Waals surface area contributed by atoms with Crippen molar-refractivity contribution in [3.8, 4) is 0 Å². The Kier molecular flexibility index (Phi) is 5.06. The molecule has 1 aliphatic rings. The Labute approximate surface area is 115 Å². The molecule has 0 atom stereocenters. The van der Waals surface area contributed by atoms with Crippen molar-refractivity contribution in [1.29, 1.82) is 0 Å². The third kappa shape index (κ3) is 2.74. The summed E-state index contributed by atoms with van der Waals surface area (Å²) in [5.41, 5.74) is 0.623. The lowest BCUT2D eigenvalue weighted by molar-refractivity contribution is -0.136. The zero-order valence-electron chi connectivity index (χ0n) is 8.23. The molecule has 2 nitrogen and oxygen atoms in total. The average Bonchev–Trinajstić information content (AvgIpc) is 2.29. The number of allylic oxidation sites excluding steroid dienone is 3. The fourth-order valence-corrected chi connectivity index (χ4v) is 4.62. The Morgan fingerprint density at radius 3 is 2.53 bits per heavy atom. The minimum atomic E-state index is -0.252. The molecule has 0 heterocycles. The molecule has 1 rings (SSSR count). The Bertz CT molecular complexity index is 317. The van der Waals surface area contributed by atoms with E-state index < -0.39 is 0 Å². The highest BCUT2D eigenvalue weighted by Crippen LogP contribution is 2.44. The van der Waals surface area contributed by atoms with Crippen LogP contribution in [0.15, 0.2) is 22.2 Å². The number of carbonyl (C=O) groups is 1. The smallest absolute Gasteiger partial charge is 0.333 e. The molecule has 0 saturated heterocycles. The maximum atomic E-state index is 11.4. The fourth-order valence-electron chi connectivity index (χ4n) is 1.39. The van der Waals surface area contributed by atoms with Crippen LogP contribution >= 0.6 is 47.8 Å². The van der Waals surface area contributed by atoms with E-state index >= 15 is 0 Å². The highest BCUT2D eigenvalue weighted by atomic mass is 79.9. The van der Waals surface area contributed by atoms with Crippen LogP contribution in [0.25, 0.3) is 0 Å². The van der Waals surface area contributed by atoms with Crippen molar-refractivity contribution in [3.05, 3.63) is 22.2 Å². The predicted molar refractivity (Wildman–Crippen MR) is 71.7 cm³/mol. The normalized spacial score (nSPS) is 19.2. The first-order valence-electron chi connectivity index (χ1n) is 4.36. The second-order valence-electron chi connectivity index (χ2n) is 3.42. The highest BCUT2D eigenvalue weighted by Gasteiger charge is 2.35. The molecule has 1 aliphatic carbocycles. The van der Waals surface area contributed by atoms with E-state index in [2.05, 4.69) is 47.8 Å². The van der Waals surface area contributed by atoms with Gasteiger partial charge in [-0.05, 0) is 6.42 Å². The molecular weight excluding hydrogens is 392 g/mol. The lowest BCUT2D eigenvalue weighted by Crippen LogP contribution is -2.29. The number of halogens is 3. The van der Waals surface area contributed by atoms with E-state index in [9.17, 15) is 4.79 Å². The molecule has 0 saturated carbocycles. The van der Waals surface area contributed by atoms with Gasteiger partial charge in [0.05, 0.1) is 7.11 Å². The molecule has 0 aromatic carbocycles. The number of hydrogen-bond donors (Lipinski definition) is 0. The van der Waals surface area contributed by atoms with Crippen LogP contribution in [0, 0.1) is 5.41 Å². The van der Waals surface area contributed by atoms with Gasteiger partial charge in [0.1, 0.15) is 0 Å². The predicted octanol–water partition coefficient (Wildman–Crippen LogP) is 3.54. The average molecular weight is 403 g/mol. The molecular formula is C10H11Br3O2. The zero-order chi connectivity index (χ0) is 11.5. The summed E-state index contributed by atoms with van der Waals surface area (Å²) in [6, 6.07) is 0. The molecule has 0 aliphatic heterocycles. The lowest BCUT2D eigenvalue weighted by atomic mass is 9.82. The van der Waals surface area contributed by atoms with E-state index in [0.29, 0.717) is 12.0 Å². The molecule has 0 N–H and O–H groups in total. The number of alkyl halides is 2. The number of esters is 1. The number of carbonyl (C=O) groups excluding carboxylic acids is 1. The van der Waals surface area contributed by atoms with Crippen molar-refractivity contribution in [2.45, 2.75) is 6.42 Å². The second-order valence-corrected chi connectivity index (χ2v) is 5.40. The van der Waals surface area contributed by atoms with Gasteiger partial charge in [0.2, 0.25) is 0 Å². The van der Waals surface area contributed by atoms with Gasteiger partial charge in [-0.15, -0.1) is 0 Å². The third-order valence-corrected chi connectivity index (χ3v) is 5.68. The molecule has 0 spiro atoms. The van der Waals surface area contributed by atoms with E-state index in [-0.39, 0.29) is 11.4 Å². The van der Waals surface area contributed by atoms with E-state index in [4.69, 9.17) is 4.74 Å². The topological polar surface area (TPSA) is 26.3 Å². The fraction of sp³-hybridized carbons (Fsp3) is 0.500. The Morgan fingerprint density at radius 2 is 2.07 bits per heavy atom. The largest absolute Gasteiger partial charge is 0.466 e. The lowest BCUT2D eigenvalue weighted by Gasteiger charge is -2.32. The first-order valence-corrected chi connectivity index (χ1v) is 7.40. The van der Waals surface area contributed by atoms with Gasteiger partial charge in [-0.3, -0.25) is 0 Å². The first-order chi connectivity index (χ1) is 7.09. The number of rotatable bonds is 3. The minimum absolute atomic E-state index is 0.0850. The zero-order valence-corrected chi connectivity index (χ0v) is 13.0. The van der Waals surface area contributed by atoms with Crippen LogP contribution in [0.2, 0.25) is 0 Å². The molecule has 0 aromatic rings. The van der Waals surface area contributed by atoms with Gasteiger partial charge in [-0.1, -0.05) is 59.9 Å². The van der Waals surface area contributed by atoms with Gasteiger partial charge in [-0.25, -0.2) is 4.79 Å². The SMILES string of the molecule is COC(=O)C1=CC=C(Br)C(CBr)(CBr)C1. The van der Waals surface area contributed by atoms with Gasteiger partial charge < -0.3 is 4.74 Å². The van der Waals surface area contributed by atoms with Gasteiger partial charge in [0.15, 0.2) is 0 Å². The monoisotopic (exact) mass is 400 g/mol. The summed E-state index contributed by atoms with van der Waals surface area (Å²) in [6.45, 7) is 0. The number of methoxy groups -OCH3 is 1. The van der Waals surface area contributed by atoms with Crippen LogP contribution in [-0.4, -0.2) is 23.7 Å². The van der Waals surface area contributed by atoms with Crippen molar-refractivity contribution in [3.63, 3.8) is 0 Å². The van der Waals surface area contributed by atoms with Crippen molar-refractivity contribution in [2.75, 3.05) is 17.8 Å². The molecule has 0 amide bonds. The molecule has 0 unspecified atom stereocenters. The van der Waals surface area contributed by atoms with Gasteiger partial charge in [-0.2, -0.15) is 0 Å². The molecule has 5 heteroatoms. The van der Waals surface area contributed by atoms with E-state index in [1.165, 1.54) is 7.11 Å². The maximum absolute atomic E-state index is 11.4. The summed E-state index contributed by atoms with van der Waals surface area (Å²) in [5.74, 6) is -0.252. The molecule has 0 radical (unpaired) electrons. The second kappa shape index (κ2) is 5.64. The number of hydrogen-bond acceptors (Lipinski definition) is 2. The summed E-state index contributed by atoms with van der Waals surface area (Å²) >= 11 is 10.5. The van der Waals surface area contributed by atoms with E-state index in [0.717, 1.165) is 15.1 Å². The van der Waals surface area contributed by atoms with Crippen LogP contribution in [0.3, 0.4) is 0 Å². The Balaban J connectivity index is 2.98. The number of ether oxygens (including phenoxy) is 1. The molecule has 0 fully saturated rings. The molecule has 0 aromatic heterocycles. The Hall–Kier alpha value is 0.390.